The largest absolute Gasteiger partial charge is 0.507 e. The highest BCUT2D eigenvalue weighted by Gasteiger charge is 2.39. The van der Waals surface area contributed by atoms with Crippen molar-refractivity contribution in [2.45, 2.75) is 12.2 Å². The van der Waals surface area contributed by atoms with Crippen LogP contribution < -0.4 is 14.2 Å². The second kappa shape index (κ2) is 5.93. The lowest BCUT2D eigenvalue weighted by molar-refractivity contribution is 0.0210. The van der Waals surface area contributed by atoms with Gasteiger partial charge >= 0.3 is 0 Å². The lowest BCUT2D eigenvalue weighted by atomic mass is 9.92. The fourth-order valence-electron chi connectivity index (χ4n) is 2.66. The average molecular weight is 332 g/mol. The molecule has 126 valence electrons. The monoisotopic (exact) mass is 332 g/mol. The summed E-state index contributed by atoms with van der Waals surface area (Å²) in [4.78, 5) is 12.4. The second-order valence-electron chi connectivity index (χ2n) is 5.30. The van der Waals surface area contributed by atoms with Crippen molar-refractivity contribution in [3.05, 3.63) is 41.5 Å². The number of carbonyl (C=O) groups is 1. The molecule has 0 saturated heterocycles. The molecule has 3 N–H and O–H groups in total. The maximum Gasteiger partial charge on any atom is 0.202 e. The number of methoxy groups -OCH3 is 2. The summed E-state index contributed by atoms with van der Waals surface area (Å²) >= 11 is 0. The fourth-order valence-corrected chi connectivity index (χ4v) is 2.66. The van der Waals surface area contributed by atoms with Gasteiger partial charge in [0.05, 0.1) is 14.2 Å². The minimum Gasteiger partial charge on any atom is -0.507 e. The number of carbonyl (C=O) groups excluding carboxylic acids is 1. The van der Waals surface area contributed by atoms with Gasteiger partial charge < -0.3 is 29.5 Å². The molecule has 1 aliphatic heterocycles. The molecule has 1 heterocycles. The predicted octanol–water partition coefficient (Wildman–Crippen LogP) is 1.79. The molecule has 0 aromatic heterocycles. The number of benzene rings is 2. The van der Waals surface area contributed by atoms with Gasteiger partial charge in [0.2, 0.25) is 5.78 Å². The van der Waals surface area contributed by atoms with Gasteiger partial charge in [-0.1, -0.05) is 6.07 Å². The highest BCUT2D eigenvalue weighted by Crippen LogP contribution is 2.43. The zero-order valence-electron chi connectivity index (χ0n) is 13.0. The number of hydrogen-bond donors (Lipinski definition) is 3. The maximum atomic E-state index is 12.4. The Morgan fingerprint density at radius 1 is 1.04 bits per heavy atom. The summed E-state index contributed by atoms with van der Waals surface area (Å²) < 4.78 is 15.7. The predicted molar refractivity (Wildman–Crippen MR) is 83.0 cm³/mol. The molecule has 0 radical (unpaired) electrons. The number of aromatic hydroxyl groups is 2. The van der Waals surface area contributed by atoms with Crippen molar-refractivity contribution in [2.24, 2.45) is 0 Å². The van der Waals surface area contributed by atoms with Crippen LogP contribution in [0.4, 0.5) is 0 Å². The van der Waals surface area contributed by atoms with Crippen molar-refractivity contribution in [2.75, 3.05) is 14.2 Å². The van der Waals surface area contributed by atoms with Crippen molar-refractivity contribution in [3.8, 4) is 28.7 Å². The average Bonchev–Trinajstić information content (AvgIpc) is 2.57. The number of ether oxygens (including phenoxy) is 3. The molecule has 7 nitrogen and oxygen atoms in total. The third-order valence-corrected chi connectivity index (χ3v) is 3.88. The summed E-state index contributed by atoms with van der Waals surface area (Å²) in [6, 6.07) is 7.15. The molecule has 2 atom stereocenters. The molecule has 0 unspecified atom stereocenters. The third kappa shape index (κ3) is 2.48. The zero-order valence-corrected chi connectivity index (χ0v) is 13.0. The van der Waals surface area contributed by atoms with E-state index < -0.39 is 18.0 Å². The minimum absolute atomic E-state index is 0.0995. The van der Waals surface area contributed by atoms with E-state index in [4.69, 9.17) is 14.2 Å². The summed E-state index contributed by atoms with van der Waals surface area (Å²) in [5.74, 6) is -0.469. The molecule has 3 rings (SSSR count). The van der Waals surface area contributed by atoms with Crippen LogP contribution in [0.25, 0.3) is 0 Å². The van der Waals surface area contributed by atoms with Crippen molar-refractivity contribution in [1.29, 1.82) is 0 Å². The van der Waals surface area contributed by atoms with E-state index >= 15 is 0 Å². The number of aliphatic hydroxyl groups is 1. The van der Waals surface area contributed by atoms with Gasteiger partial charge in [0.1, 0.15) is 22.8 Å². The lowest BCUT2D eigenvalue weighted by Crippen LogP contribution is -2.36. The standard InChI is InChI=1S/C17H16O7/c1-22-9-6-11(19)14-13(7-9)24-17(16(21)15(14)20)8-3-4-12(23-2)10(18)5-8/h3-7,16-19,21H,1-2H3/t16-,17-/m0/s1. The second-order valence-corrected chi connectivity index (χ2v) is 5.30. The Bertz CT molecular complexity index is 800. The van der Waals surface area contributed by atoms with Gasteiger partial charge in [0.15, 0.2) is 23.7 Å². The van der Waals surface area contributed by atoms with Gasteiger partial charge in [-0.3, -0.25) is 4.79 Å². The fraction of sp³-hybridized carbons (Fsp3) is 0.235. The number of ketones is 1. The number of phenols is 2. The molecule has 0 amide bonds. The Morgan fingerprint density at radius 3 is 2.42 bits per heavy atom. The quantitative estimate of drug-likeness (QED) is 0.787. The molecule has 7 heteroatoms. The van der Waals surface area contributed by atoms with Crippen LogP contribution in [0.2, 0.25) is 0 Å². The highest BCUT2D eigenvalue weighted by atomic mass is 16.5. The lowest BCUT2D eigenvalue weighted by Gasteiger charge is -2.30. The van der Waals surface area contributed by atoms with E-state index in [2.05, 4.69) is 0 Å². The van der Waals surface area contributed by atoms with Crippen LogP contribution in [0.1, 0.15) is 22.0 Å². The van der Waals surface area contributed by atoms with Gasteiger partial charge in [0.25, 0.3) is 0 Å². The van der Waals surface area contributed by atoms with Crippen LogP contribution in [-0.2, 0) is 0 Å². The van der Waals surface area contributed by atoms with Crippen LogP contribution in [0, 0.1) is 0 Å². The Hall–Kier alpha value is -2.93. The molecular weight excluding hydrogens is 316 g/mol. The SMILES string of the molecule is COc1cc(O)c2c(c1)O[C@@H](c1ccc(OC)c(O)c1)[C@@H](O)C2=O. The molecule has 1 aliphatic rings. The van der Waals surface area contributed by atoms with Crippen LogP contribution in [0.5, 0.6) is 28.7 Å². The minimum atomic E-state index is -1.52. The molecule has 0 aliphatic carbocycles. The van der Waals surface area contributed by atoms with E-state index in [9.17, 15) is 20.1 Å². The zero-order chi connectivity index (χ0) is 17.4. The Kier molecular flexibility index (Phi) is 3.94. The van der Waals surface area contributed by atoms with Crippen LogP contribution in [0.15, 0.2) is 30.3 Å². The van der Waals surface area contributed by atoms with Gasteiger partial charge in [0, 0.05) is 12.1 Å². The summed E-state index contributed by atoms with van der Waals surface area (Å²) in [6.45, 7) is 0. The van der Waals surface area contributed by atoms with Crippen LogP contribution in [-0.4, -0.2) is 41.4 Å². The van der Waals surface area contributed by atoms with E-state index in [0.29, 0.717) is 11.3 Å². The molecule has 0 bridgehead atoms. The van der Waals surface area contributed by atoms with E-state index in [1.54, 1.807) is 6.07 Å². The van der Waals surface area contributed by atoms with Gasteiger partial charge in [-0.2, -0.15) is 0 Å². The molecule has 2 aromatic rings. The topological polar surface area (TPSA) is 105 Å². The van der Waals surface area contributed by atoms with Crippen LogP contribution >= 0.6 is 0 Å². The van der Waals surface area contributed by atoms with E-state index in [1.165, 1.54) is 38.5 Å². The van der Waals surface area contributed by atoms with E-state index in [-0.39, 0.29) is 28.6 Å². The highest BCUT2D eigenvalue weighted by molar-refractivity contribution is 6.05. The summed E-state index contributed by atoms with van der Waals surface area (Å²) in [5, 5.41) is 30.1. The first kappa shape index (κ1) is 15.9. The first-order valence-electron chi connectivity index (χ1n) is 7.13. The van der Waals surface area contributed by atoms with Crippen LogP contribution in [0.3, 0.4) is 0 Å². The summed E-state index contributed by atoms with van der Waals surface area (Å²) in [5.41, 5.74) is 0.291. The normalized spacial score (nSPS) is 19.4. The van der Waals surface area contributed by atoms with Crippen molar-refractivity contribution in [3.63, 3.8) is 0 Å². The molecular formula is C17H16O7. The summed E-state index contributed by atoms with van der Waals surface area (Å²) in [6.07, 6.45) is -2.56. The molecule has 0 spiro atoms. The number of phenolic OH excluding ortho intramolecular Hbond substituents is 2. The maximum absolute atomic E-state index is 12.4. The number of fused-ring (bicyclic) bond motifs is 1. The summed E-state index contributed by atoms with van der Waals surface area (Å²) in [7, 11) is 2.83. The number of aliphatic hydroxyl groups excluding tert-OH is 1. The number of hydrogen-bond acceptors (Lipinski definition) is 7. The van der Waals surface area contributed by atoms with Crippen molar-refractivity contribution in [1.82, 2.24) is 0 Å². The first-order valence-corrected chi connectivity index (χ1v) is 7.13. The number of Topliss-reactive ketones (excluding diaryl/α,β-unsaturated/α-hetero) is 1. The molecule has 0 saturated carbocycles. The Labute approximate surface area is 137 Å². The smallest absolute Gasteiger partial charge is 0.202 e. The Balaban J connectivity index is 2.05. The Morgan fingerprint density at radius 2 is 1.79 bits per heavy atom. The van der Waals surface area contributed by atoms with E-state index in [0.717, 1.165) is 0 Å². The number of rotatable bonds is 3. The van der Waals surface area contributed by atoms with Gasteiger partial charge in [-0.15, -0.1) is 0 Å². The molecule has 0 fully saturated rings. The van der Waals surface area contributed by atoms with Crippen molar-refractivity contribution >= 4 is 5.78 Å². The van der Waals surface area contributed by atoms with Gasteiger partial charge in [-0.05, 0) is 17.7 Å². The third-order valence-electron chi connectivity index (χ3n) is 3.88. The van der Waals surface area contributed by atoms with E-state index in [1.807, 2.05) is 0 Å². The molecule has 24 heavy (non-hydrogen) atoms. The molecule has 2 aromatic carbocycles. The van der Waals surface area contributed by atoms with Gasteiger partial charge in [-0.25, -0.2) is 0 Å². The van der Waals surface area contributed by atoms with Crippen molar-refractivity contribution < 1.29 is 34.3 Å². The first-order chi connectivity index (χ1) is 11.5.